The highest BCUT2D eigenvalue weighted by Crippen LogP contribution is 2.32. The van der Waals surface area contributed by atoms with Gasteiger partial charge in [-0.15, -0.1) is 0 Å². The molecule has 0 aliphatic carbocycles. The number of alkyl halides is 3. The molecule has 30 heavy (non-hydrogen) atoms. The van der Waals surface area contributed by atoms with E-state index in [1.165, 1.54) is 36.5 Å². The molecule has 3 aromatic heterocycles. The van der Waals surface area contributed by atoms with Crippen molar-refractivity contribution < 1.29 is 18.0 Å². The zero-order valence-electron chi connectivity index (χ0n) is 15.3. The summed E-state index contributed by atoms with van der Waals surface area (Å²) < 4.78 is 41.9. The zero-order valence-corrected chi connectivity index (χ0v) is 15.3. The second-order valence-electron chi connectivity index (χ2n) is 6.37. The molecule has 3 heterocycles. The summed E-state index contributed by atoms with van der Waals surface area (Å²) in [6.07, 6.45) is 1.66. The molecule has 0 saturated heterocycles. The first kappa shape index (κ1) is 19.4. The highest BCUT2D eigenvalue weighted by molar-refractivity contribution is 5.91. The van der Waals surface area contributed by atoms with Gasteiger partial charge in [0.1, 0.15) is 5.82 Å². The minimum absolute atomic E-state index is 0.0674. The van der Waals surface area contributed by atoms with Gasteiger partial charge in [-0.05, 0) is 23.8 Å². The summed E-state index contributed by atoms with van der Waals surface area (Å²) in [6, 6.07) is 9.07. The van der Waals surface area contributed by atoms with Crippen LogP contribution in [-0.2, 0) is 0 Å². The SMILES string of the molecule is O=C(Nc1cc2cnn(-c3ccncc3)c2cn1)NC(c1ccccc1)C(F)(F)F. The van der Waals surface area contributed by atoms with E-state index < -0.39 is 18.2 Å². The van der Waals surface area contributed by atoms with E-state index in [2.05, 4.69) is 20.4 Å². The maximum absolute atomic E-state index is 13.4. The third kappa shape index (κ3) is 4.07. The molecule has 0 aliphatic heterocycles. The monoisotopic (exact) mass is 412 g/mol. The maximum atomic E-state index is 13.4. The molecule has 4 aromatic rings. The molecule has 0 radical (unpaired) electrons. The van der Waals surface area contributed by atoms with Gasteiger partial charge >= 0.3 is 12.2 Å². The van der Waals surface area contributed by atoms with Crippen molar-refractivity contribution in [2.75, 3.05) is 5.32 Å². The molecule has 0 aliphatic rings. The standard InChI is InChI=1S/C20H15F3N6O/c21-20(22,23)18(13-4-2-1-3-5-13)28-19(30)27-17-10-14-11-26-29(16(14)12-25-17)15-6-8-24-9-7-15/h1-12,18H,(H2,25,27,28,30). The van der Waals surface area contributed by atoms with Gasteiger partial charge in [0.25, 0.3) is 0 Å². The third-order valence-electron chi connectivity index (χ3n) is 4.34. The number of hydrogen-bond acceptors (Lipinski definition) is 4. The lowest BCUT2D eigenvalue weighted by Gasteiger charge is -2.22. The lowest BCUT2D eigenvalue weighted by atomic mass is 10.1. The van der Waals surface area contributed by atoms with Gasteiger partial charge in [-0.2, -0.15) is 18.3 Å². The van der Waals surface area contributed by atoms with Gasteiger partial charge in [-0.1, -0.05) is 30.3 Å². The zero-order chi connectivity index (χ0) is 21.1. The summed E-state index contributed by atoms with van der Waals surface area (Å²) in [5, 5.41) is 9.24. The van der Waals surface area contributed by atoms with E-state index in [4.69, 9.17) is 0 Å². The maximum Gasteiger partial charge on any atom is 0.412 e. The van der Waals surface area contributed by atoms with Crippen molar-refractivity contribution in [1.29, 1.82) is 0 Å². The van der Waals surface area contributed by atoms with Crippen LogP contribution in [0, 0.1) is 0 Å². The molecule has 2 N–H and O–H groups in total. The molecule has 0 saturated carbocycles. The number of halogens is 3. The Morgan fingerprint density at radius 1 is 1.03 bits per heavy atom. The van der Waals surface area contributed by atoms with E-state index in [0.717, 1.165) is 5.69 Å². The third-order valence-corrected chi connectivity index (χ3v) is 4.34. The second kappa shape index (κ2) is 7.82. The van der Waals surface area contributed by atoms with Crippen LogP contribution in [0.2, 0.25) is 0 Å². The fraction of sp³-hybridized carbons (Fsp3) is 0.100. The minimum Gasteiger partial charge on any atom is -0.322 e. The molecule has 0 bridgehead atoms. The predicted molar refractivity (Wildman–Crippen MR) is 104 cm³/mol. The number of urea groups is 1. The van der Waals surface area contributed by atoms with Gasteiger partial charge in [0.2, 0.25) is 0 Å². The molecular weight excluding hydrogens is 397 g/mol. The lowest BCUT2D eigenvalue weighted by Crippen LogP contribution is -2.40. The average Bonchev–Trinajstić information content (AvgIpc) is 3.16. The minimum atomic E-state index is -4.65. The van der Waals surface area contributed by atoms with Crippen LogP contribution in [0.3, 0.4) is 0 Å². The molecule has 1 aromatic carbocycles. The van der Waals surface area contributed by atoms with Crippen molar-refractivity contribution in [3.05, 3.63) is 78.9 Å². The van der Waals surface area contributed by atoms with Crippen molar-refractivity contribution in [3.63, 3.8) is 0 Å². The highest BCUT2D eigenvalue weighted by Gasteiger charge is 2.41. The van der Waals surface area contributed by atoms with Crippen LogP contribution in [0.25, 0.3) is 16.6 Å². The van der Waals surface area contributed by atoms with Crippen LogP contribution in [0.15, 0.2) is 73.3 Å². The van der Waals surface area contributed by atoms with Crippen molar-refractivity contribution in [2.24, 2.45) is 0 Å². The first-order valence-corrected chi connectivity index (χ1v) is 8.85. The molecule has 0 fully saturated rings. The number of amides is 2. The predicted octanol–water partition coefficient (Wildman–Crippen LogP) is 4.24. The normalized spacial score (nSPS) is 12.5. The molecular formula is C20H15F3N6O. The fourth-order valence-electron chi connectivity index (χ4n) is 2.97. The topological polar surface area (TPSA) is 84.7 Å². The van der Waals surface area contributed by atoms with Crippen LogP contribution >= 0.6 is 0 Å². The Bertz CT molecular complexity index is 1160. The number of pyridine rings is 2. The Balaban J connectivity index is 1.53. The number of nitrogens with zero attached hydrogens (tertiary/aromatic N) is 4. The summed E-state index contributed by atoms with van der Waals surface area (Å²) in [6.45, 7) is 0. The van der Waals surface area contributed by atoms with E-state index in [1.54, 1.807) is 41.5 Å². The Morgan fingerprint density at radius 2 is 1.77 bits per heavy atom. The van der Waals surface area contributed by atoms with E-state index in [1.807, 2.05) is 5.32 Å². The summed E-state index contributed by atoms with van der Waals surface area (Å²) in [4.78, 5) is 20.3. The van der Waals surface area contributed by atoms with Gasteiger partial charge in [0.15, 0.2) is 6.04 Å². The van der Waals surface area contributed by atoms with E-state index in [-0.39, 0.29) is 11.4 Å². The van der Waals surface area contributed by atoms with Crippen LogP contribution in [0.1, 0.15) is 11.6 Å². The number of aromatic nitrogens is 4. The molecule has 152 valence electrons. The molecule has 10 heteroatoms. The van der Waals surface area contributed by atoms with Crippen LogP contribution in [-0.4, -0.2) is 32.0 Å². The number of carbonyl (C=O) groups is 1. The first-order chi connectivity index (χ1) is 14.4. The Morgan fingerprint density at radius 3 is 2.47 bits per heavy atom. The number of fused-ring (bicyclic) bond motifs is 1. The van der Waals surface area contributed by atoms with E-state index in [0.29, 0.717) is 10.9 Å². The van der Waals surface area contributed by atoms with Crippen LogP contribution in [0.5, 0.6) is 0 Å². The molecule has 1 atom stereocenters. The molecule has 0 spiro atoms. The quantitative estimate of drug-likeness (QED) is 0.525. The molecule has 2 amide bonds. The molecule has 4 rings (SSSR count). The molecule has 7 nitrogen and oxygen atoms in total. The summed E-state index contributed by atoms with van der Waals surface area (Å²) >= 11 is 0. The number of benzene rings is 1. The van der Waals surface area contributed by atoms with Crippen molar-refractivity contribution in [3.8, 4) is 5.69 Å². The number of carbonyl (C=O) groups excluding carboxylic acids is 1. The number of nitrogens with one attached hydrogen (secondary N) is 2. The summed E-state index contributed by atoms with van der Waals surface area (Å²) in [5.41, 5.74) is 1.38. The molecule has 1 unspecified atom stereocenters. The van der Waals surface area contributed by atoms with Gasteiger partial charge in [-0.25, -0.2) is 14.5 Å². The van der Waals surface area contributed by atoms with Crippen molar-refractivity contribution in [2.45, 2.75) is 12.2 Å². The van der Waals surface area contributed by atoms with Crippen molar-refractivity contribution in [1.82, 2.24) is 25.1 Å². The highest BCUT2D eigenvalue weighted by atomic mass is 19.4. The second-order valence-corrected chi connectivity index (χ2v) is 6.37. The number of hydrogen-bond donors (Lipinski definition) is 2. The number of rotatable bonds is 4. The first-order valence-electron chi connectivity index (χ1n) is 8.85. The largest absolute Gasteiger partial charge is 0.412 e. The van der Waals surface area contributed by atoms with E-state index >= 15 is 0 Å². The fourth-order valence-corrected chi connectivity index (χ4v) is 2.97. The Kier molecular flexibility index (Phi) is 5.05. The van der Waals surface area contributed by atoms with E-state index in [9.17, 15) is 18.0 Å². The van der Waals surface area contributed by atoms with Crippen LogP contribution < -0.4 is 10.6 Å². The van der Waals surface area contributed by atoms with Gasteiger partial charge in [-0.3, -0.25) is 10.3 Å². The average molecular weight is 412 g/mol. The smallest absolute Gasteiger partial charge is 0.322 e. The summed E-state index contributed by atoms with van der Waals surface area (Å²) in [5.74, 6) is 0.100. The lowest BCUT2D eigenvalue weighted by molar-refractivity contribution is -0.154. The Hall–Kier alpha value is -3.95. The Labute approximate surface area is 168 Å². The van der Waals surface area contributed by atoms with Gasteiger partial charge < -0.3 is 5.32 Å². The van der Waals surface area contributed by atoms with Crippen molar-refractivity contribution >= 4 is 22.8 Å². The van der Waals surface area contributed by atoms with Crippen LogP contribution in [0.4, 0.5) is 23.8 Å². The van der Waals surface area contributed by atoms with Gasteiger partial charge in [0.05, 0.1) is 23.6 Å². The van der Waals surface area contributed by atoms with Gasteiger partial charge in [0, 0.05) is 17.8 Å². The summed E-state index contributed by atoms with van der Waals surface area (Å²) in [7, 11) is 0. The number of anilines is 1.